The minimum atomic E-state index is 0.319. The lowest BCUT2D eigenvalue weighted by Gasteiger charge is -2.30. The molecule has 2 rings (SSSR count). The van der Waals surface area contributed by atoms with Crippen molar-refractivity contribution in [3.05, 3.63) is 12.2 Å². The molecule has 0 saturated heterocycles. The minimum absolute atomic E-state index is 0.319. The summed E-state index contributed by atoms with van der Waals surface area (Å²) in [6.07, 6.45) is 9.63. The molecule has 1 heterocycles. The Balaban J connectivity index is 2.28. The van der Waals surface area contributed by atoms with Crippen LogP contribution in [0.4, 0.5) is 0 Å². The highest BCUT2D eigenvalue weighted by molar-refractivity contribution is 5.11. The molecule has 0 aromatic carbocycles. The Morgan fingerprint density at radius 1 is 1.35 bits per heavy atom. The summed E-state index contributed by atoms with van der Waals surface area (Å²) in [6.45, 7) is 7.91. The van der Waals surface area contributed by atoms with Crippen LogP contribution in [0.3, 0.4) is 0 Å². The molecule has 1 aliphatic carbocycles. The molecule has 0 atom stereocenters. The summed E-state index contributed by atoms with van der Waals surface area (Å²) >= 11 is 0. The largest absolute Gasteiger partial charge is 0.317 e. The molecule has 96 valence electrons. The molecule has 3 nitrogen and oxygen atoms in total. The van der Waals surface area contributed by atoms with Crippen molar-refractivity contribution in [1.82, 2.24) is 14.8 Å². The van der Waals surface area contributed by atoms with Crippen molar-refractivity contribution < 1.29 is 0 Å². The van der Waals surface area contributed by atoms with E-state index in [4.69, 9.17) is 0 Å². The van der Waals surface area contributed by atoms with Gasteiger partial charge in [0.1, 0.15) is 12.2 Å². The molecule has 17 heavy (non-hydrogen) atoms. The molecule has 1 fully saturated rings. The second-order valence-corrected chi connectivity index (χ2v) is 5.93. The number of aryl methyl sites for hydroxylation is 1. The van der Waals surface area contributed by atoms with Crippen molar-refractivity contribution in [3.8, 4) is 0 Å². The lowest BCUT2D eigenvalue weighted by molar-refractivity contribution is 0.316. The summed E-state index contributed by atoms with van der Waals surface area (Å²) in [5, 5.41) is 8.61. The Morgan fingerprint density at radius 3 is 2.65 bits per heavy atom. The third-order valence-corrected chi connectivity index (χ3v) is 3.91. The van der Waals surface area contributed by atoms with Crippen LogP contribution in [-0.4, -0.2) is 14.8 Å². The Labute approximate surface area is 105 Å². The molecule has 0 amide bonds. The second-order valence-electron chi connectivity index (χ2n) is 5.93. The van der Waals surface area contributed by atoms with E-state index >= 15 is 0 Å². The number of hydrogen-bond donors (Lipinski definition) is 0. The second kappa shape index (κ2) is 5.19. The van der Waals surface area contributed by atoms with Crippen LogP contribution in [-0.2, 0) is 12.0 Å². The zero-order valence-corrected chi connectivity index (χ0v) is 11.4. The smallest absolute Gasteiger partial charge is 0.139 e. The number of aromatic nitrogens is 3. The Bertz CT molecular complexity index is 348. The molecular weight excluding hydrogens is 210 g/mol. The molecule has 1 aromatic heterocycles. The highest BCUT2D eigenvalue weighted by atomic mass is 15.3. The zero-order valence-electron chi connectivity index (χ0n) is 11.4. The van der Waals surface area contributed by atoms with E-state index in [9.17, 15) is 0 Å². The minimum Gasteiger partial charge on any atom is -0.317 e. The van der Waals surface area contributed by atoms with Crippen LogP contribution < -0.4 is 0 Å². The van der Waals surface area contributed by atoms with E-state index in [-0.39, 0.29) is 0 Å². The van der Waals surface area contributed by atoms with Gasteiger partial charge in [-0.2, -0.15) is 0 Å². The van der Waals surface area contributed by atoms with Crippen molar-refractivity contribution in [2.45, 2.75) is 71.3 Å². The van der Waals surface area contributed by atoms with Gasteiger partial charge in [-0.25, -0.2) is 0 Å². The van der Waals surface area contributed by atoms with Crippen LogP contribution in [0.25, 0.3) is 0 Å². The standard InChI is InChI=1S/C14H25N3/c1-4-9-17-11-15-16-13(17)14(10-12(2)3)7-5-6-8-14/h11-12H,4-10H2,1-3H3. The first kappa shape index (κ1) is 12.6. The Morgan fingerprint density at radius 2 is 2.06 bits per heavy atom. The maximum absolute atomic E-state index is 4.46. The van der Waals surface area contributed by atoms with E-state index in [0.717, 1.165) is 18.9 Å². The van der Waals surface area contributed by atoms with Crippen LogP contribution in [0.2, 0.25) is 0 Å². The van der Waals surface area contributed by atoms with E-state index in [1.807, 2.05) is 6.33 Å². The lowest BCUT2D eigenvalue weighted by atomic mass is 9.77. The molecule has 0 spiro atoms. The van der Waals surface area contributed by atoms with Gasteiger partial charge < -0.3 is 4.57 Å². The third kappa shape index (κ3) is 2.53. The monoisotopic (exact) mass is 235 g/mol. The summed E-state index contributed by atoms with van der Waals surface area (Å²) in [4.78, 5) is 0. The Kier molecular flexibility index (Phi) is 3.85. The molecule has 0 unspecified atom stereocenters. The summed E-state index contributed by atoms with van der Waals surface area (Å²) in [7, 11) is 0. The molecule has 3 heteroatoms. The van der Waals surface area contributed by atoms with Gasteiger partial charge in [0.05, 0.1) is 0 Å². The van der Waals surface area contributed by atoms with Crippen LogP contribution in [0.1, 0.15) is 65.1 Å². The normalized spacial score (nSPS) is 19.1. The number of hydrogen-bond acceptors (Lipinski definition) is 2. The van der Waals surface area contributed by atoms with Crippen molar-refractivity contribution in [1.29, 1.82) is 0 Å². The van der Waals surface area contributed by atoms with Crippen molar-refractivity contribution in [3.63, 3.8) is 0 Å². The van der Waals surface area contributed by atoms with Gasteiger partial charge >= 0.3 is 0 Å². The fraction of sp³-hybridized carbons (Fsp3) is 0.857. The fourth-order valence-corrected chi connectivity index (χ4v) is 3.42. The fourth-order valence-electron chi connectivity index (χ4n) is 3.42. The van der Waals surface area contributed by atoms with Gasteiger partial charge in [0.25, 0.3) is 0 Å². The molecule has 1 aromatic rings. The van der Waals surface area contributed by atoms with Crippen molar-refractivity contribution in [2.75, 3.05) is 0 Å². The van der Waals surface area contributed by atoms with Crippen LogP contribution in [0.5, 0.6) is 0 Å². The van der Waals surface area contributed by atoms with E-state index in [1.54, 1.807) is 0 Å². The first-order chi connectivity index (χ1) is 8.18. The Hall–Kier alpha value is -0.860. The first-order valence-corrected chi connectivity index (χ1v) is 7.06. The molecule has 0 radical (unpaired) electrons. The van der Waals surface area contributed by atoms with E-state index in [2.05, 4.69) is 35.5 Å². The van der Waals surface area contributed by atoms with Gasteiger partial charge in [-0.3, -0.25) is 0 Å². The molecule has 1 saturated carbocycles. The topological polar surface area (TPSA) is 30.7 Å². The maximum Gasteiger partial charge on any atom is 0.139 e. The first-order valence-electron chi connectivity index (χ1n) is 7.06. The lowest BCUT2D eigenvalue weighted by Crippen LogP contribution is -2.28. The molecule has 0 aliphatic heterocycles. The third-order valence-electron chi connectivity index (χ3n) is 3.91. The highest BCUT2D eigenvalue weighted by Gasteiger charge is 2.39. The van der Waals surface area contributed by atoms with Crippen LogP contribution in [0, 0.1) is 5.92 Å². The van der Waals surface area contributed by atoms with Crippen molar-refractivity contribution >= 4 is 0 Å². The summed E-state index contributed by atoms with van der Waals surface area (Å²) in [5.74, 6) is 1.99. The molecular formula is C14H25N3. The van der Waals surface area contributed by atoms with Gasteiger partial charge in [0.15, 0.2) is 0 Å². The van der Waals surface area contributed by atoms with Crippen LogP contribution >= 0.6 is 0 Å². The van der Waals surface area contributed by atoms with Gasteiger partial charge in [0.2, 0.25) is 0 Å². The molecule has 1 aliphatic rings. The summed E-state index contributed by atoms with van der Waals surface area (Å²) in [6, 6.07) is 0. The van der Waals surface area contributed by atoms with Crippen molar-refractivity contribution in [2.24, 2.45) is 5.92 Å². The van der Waals surface area contributed by atoms with Gasteiger partial charge in [-0.1, -0.05) is 33.6 Å². The highest BCUT2D eigenvalue weighted by Crippen LogP contribution is 2.44. The number of rotatable bonds is 5. The van der Waals surface area contributed by atoms with Gasteiger partial charge in [-0.05, 0) is 31.6 Å². The number of nitrogens with zero attached hydrogens (tertiary/aromatic N) is 3. The average molecular weight is 235 g/mol. The maximum atomic E-state index is 4.46. The summed E-state index contributed by atoms with van der Waals surface area (Å²) in [5.41, 5.74) is 0.319. The SMILES string of the molecule is CCCn1cnnc1C1(CC(C)C)CCCC1. The van der Waals surface area contributed by atoms with E-state index < -0.39 is 0 Å². The summed E-state index contributed by atoms with van der Waals surface area (Å²) < 4.78 is 2.29. The van der Waals surface area contributed by atoms with E-state index in [0.29, 0.717) is 5.41 Å². The molecule has 0 bridgehead atoms. The van der Waals surface area contributed by atoms with Gasteiger partial charge in [0, 0.05) is 12.0 Å². The van der Waals surface area contributed by atoms with E-state index in [1.165, 1.54) is 37.9 Å². The van der Waals surface area contributed by atoms with Gasteiger partial charge in [-0.15, -0.1) is 10.2 Å². The average Bonchev–Trinajstić information content (AvgIpc) is 2.87. The zero-order chi connectivity index (χ0) is 12.3. The quantitative estimate of drug-likeness (QED) is 0.781. The molecule has 0 N–H and O–H groups in total. The predicted molar refractivity (Wildman–Crippen MR) is 69.9 cm³/mol. The van der Waals surface area contributed by atoms with Crippen LogP contribution in [0.15, 0.2) is 6.33 Å². The predicted octanol–water partition coefficient (Wildman–Crippen LogP) is 3.55.